The van der Waals surface area contributed by atoms with Crippen molar-refractivity contribution in [3.63, 3.8) is 0 Å². The number of hydrogen-bond donors (Lipinski definition) is 1. The number of nitrogens with zero attached hydrogens (tertiary/aromatic N) is 2. The second-order valence-corrected chi connectivity index (χ2v) is 3.29. The van der Waals surface area contributed by atoms with E-state index in [2.05, 4.69) is 4.98 Å². The SMILES string of the molecule is N#Cc1ccc(Oc2cc(N)ccn2)c(F)c1. The molecular formula is C12H8FN3O. The van der Waals surface area contributed by atoms with E-state index in [9.17, 15) is 4.39 Å². The summed E-state index contributed by atoms with van der Waals surface area (Å²) >= 11 is 0. The zero-order valence-corrected chi connectivity index (χ0v) is 8.72. The predicted molar refractivity (Wildman–Crippen MR) is 59.8 cm³/mol. The van der Waals surface area contributed by atoms with Crippen molar-refractivity contribution < 1.29 is 9.13 Å². The second-order valence-electron chi connectivity index (χ2n) is 3.29. The topological polar surface area (TPSA) is 71.9 Å². The summed E-state index contributed by atoms with van der Waals surface area (Å²) in [5, 5.41) is 8.59. The third kappa shape index (κ3) is 2.49. The number of benzene rings is 1. The Morgan fingerprint density at radius 2 is 2.12 bits per heavy atom. The third-order valence-electron chi connectivity index (χ3n) is 2.03. The van der Waals surface area contributed by atoms with Crippen LogP contribution in [0.1, 0.15) is 5.56 Å². The summed E-state index contributed by atoms with van der Waals surface area (Å²) in [5.41, 5.74) is 6.25. The molecule has 0 aliphatic heterocycles. The Bertz CT molecular complexity index is 593. The Kier molecular flexibility index (Phi) is 2.88. The molecule has 0 aliphatic carbocycles. The molecule has 0 amide bonds. The summed E-state index contributed by atoms with van der Waals surface area (Å²) in [7, 11) is 0. The molecule has 1 aromatic heterocycles. The van der Waals surface area contributed by atoms with E-state index >= 15 is 0 Å². The molecule has 0 unspecified atom stereocenters. The highest BCUT2D eigenvalue weighted by atomic mass is 19.1. The second kappa shape index (κ2) is 4.49. The van der Waals surface area contributed by atoms with E-state index in [1.807, 2.05) is 6.07 Å². The van der Waals surface area contributed by atoms with E-state index in [0.717, 1.165) is 6.07 Å². The summed E-state index contributed by atoms with van der Waals surface area (Å²) < 4.78 is 18.7. The van der Waals surface area contributed by atoms with Crippen LogP contribution < -0.4 is 10.5 Å². The number of hydrogen-bond acceptors (Lipinski definition) is 4. The van der Waals surface area contributed by atoms with Crippen molar-refractivity contribution in [2.45, 2.75) is 0 Å². The van der Waals surface area contributed by atoms with Crippen molar-refractivity contribution in [1.29, 1.82) is 5.26 Å². The zero-order valence-electron chi connectivity index (χ0n) is 8.72. The van der Waals surface area contributed by atoms with Gasteiger partial charge in [-0.25, -0.2) is 9.37 Å². The largest absolute Gasteiger partial charge is 0.436 e. The van der Waals surface area contributed by atoms with Gasteiger partial charge in [-0.2, -0.15) is 5.26 Å². The molecule has 17 heavy (non-hydrogen) atoms. The number of nitrogen functional groups attached to an aromatic ring is 1. The van der Waals surface area contributed by atoms with Crippen LogP contribution in [-0.4, -0.2) is 4.98 Å². The molecule has 0 spiro atoms. The van der Waals surface area contributed by atoms with Crippen LogP contribution in [0.2, 0.25) is 0 Å². The summed E-state index contributed by atoms with van der Waals surface area (Å²) in [6, 6.07) is 8.86. The number of pyridine rings is 1. The van der Waals surface area contributed by atoms with Crippen molar-refractivity contribution in [2.24, 2.45) is 0 Å². The standard InChI is InChI=1S/C12H8FN3O/c13-10-5-8(7-14)1-2-11(10)17-12-6-9(15)3-4-16-12/h1-6H,(H2,15,16). The van der Waals surface area contributed by atoms with Gasteiger partial charge in [0.2, 0.25) is 5.88 Å². The Morgan fingerprint density at radius 1 is 1.29 bits per heavy atom. The molecular weight excluding hydrogens is 221 g/mol. The molecule has 2 N–H and O–H groups in total. The van der Waals surface area contributed by atoms with Crippen molar-refractivity contribution in [2.75, 3.05) is 5.73 Å². The minimum Gasteiger partial charge on any atom is -0.436 e. The number of aromatic nitrogens is 1. The first-order valence-corrected chi connectivity index (χ1v) is 4.78. The van der Waals surface area contributed by atoms with Gasteiger partial charge in [-0.05, 0) is 24.3 Å². The van der Waals surface area contributed by atoms with Crippen LogP contribution in [0.15, 0.2) is 36.5 Å². The maximum Gasteiger partial charge on any atom is 0.221 e. The van der Waals surface area contributed by atoms with Crippen LogP contribution in [0, 0.1) is 17.1 Å². The van der Waals surface area contributed by atoms with Gasteiger partial charge in [-0.3, -0.25) is 0 Å². The van der Waals surface area contributed by atoms with E-state index < -0.39 is 5.82 Å². The fourth-order valence-electron chi connectivity index (χ4n) is 1.25. The zero-order chi connectivity index (χ0) is 12.3. The van der Waals surface area contributed by atoms with Crippen LogP contribution in [0.5, 0.6) is 11.6 Å². The number of rotatable bonds is 2. The molecule has 1 heterocycles. The smallest absolute Gasteiger partial charge is 0.221 e. The number of halogens is 1. The molecule has 5 heteroatoms. The third-order valence-corrected chi connectivity index (χ3v) is 2.03. The minimum atomic E-state index is -0.617. The van der Waals surface area contributed by atoms with Crippen LogP contribution >= 0.6 is 0 Å². The van der Waals surface area contributed by atoms with Crippen LogP contribution in [0.4, 0.5) is 10.1 Å². The highest BCUT2D eigenvalue weighted by Crippen LogP contribution is 2.24. The highest BCUT2D eigenvalue weighted by molar-refractivity contribution is 5.42. The molecule has 0 bridgehead atoms. The molecule has 0 saturated carbocycles. The van der Waals surface area contributed by atoms with Gasteiger partial charge < -0.3 is 10.5 Å². The van der Waals surface area contributed by atoms with Crippen LogP contribution in [0.3, 0.4) is 0 Å². The molecule has 1 aromatic carbocycles. The minimum absolute atomic E-state index is 0.00194. The lowest BCUT2D eigenvalue weighted by Gasteiger charge is -2.06. The fourth-order valence-corrected chi connectivity index (χ4v) is 1.25. The molecule has 0 aliphatic rings. The van der Waals surface area contributed by atoms with E-state index in [-0.39, 0.29) is 17.2 Å². The Labute approximate surface area is 97.1 Å². The normalized spacial score (nSPS) is 9.65. The van der Waals surface area contributed by atoms with Gasteiger partial charge in [0.15, 0.2) is 11.6 Å². The molecule has 0 atom stereocenters. The summed E-state index contributed by atoms with van der Waals surface area (Å²) in [4.78, 5) is 3.88. The van der Waals surface area contributed by atoms with E-state index in [1.54, 1.807) is 6.07 Å². The average molecular weight is 229 g/mol. The molecule has 2 aromatic rings. The Morgan fingerprint density at radius 3 is 2.76 bits per heavy atom. The molecule has 4 nitrogen and oxygen atoms in total. The summed E-state index contributed by atoms with van der Waals surface area (Å²) in [5.74, 6) is -0.413. The van der Waals surface area contributed by atoms with Crippen LogP contribution in [0.25, 0.3) is 0 Å². The Hall–Kier alpha value is -2.61. The van der Waals surface area contributed by atoms with Gasteiger partial charge >= 0.3 is 0 Å². The van der Waals surface area contributed by atoms with Gasteiger partial charge in [0.1, 0.15) is 0 Å². The molecule has 84 valence electrons. The van der Waals surface area contributed by atoms with Crippen molar-refractivity contribution in [1.82, 2.24) is 4.98 Å². The number of nitriles is 1. The van der Waals surface area contributed by atoms with Gasteiger partial charge in [0, 0.05) is 18.0 Å². The van der Waals surface area contributed by atoms with Gasteiger partial charge in [-0.1, -0.05) is 0 Å². The number of ether oxygens (including phenoxy) is 1. The van der Waals surface area contributed by atoms with E-state index in [0.29, 0.717) is 5.69 Å². The first kappa shape index (κ1) is 10.9. The maximum absolute atomic E-state index is 13.5. The average Bonchev–Trinajstić information content (AvgIpc) is 2.32. The van der Waals surface area contributed by atoms with Crippen LogP contribution in [-0.2, 0) is 0 Å². The number of anilines is 1. The predicted octanol–water partition coefficient (Wildman–Crippen LogP) is 2.47. The molecule has 0 saturated heterocycles. The van der Waals surface area contributed by atoms with Gasteiger partial charge in [0.25, 0.3) is 0 Å². The van der Waals surface area contributed by atoms with E-state index in [4.69, 9.17) is 15.7 Å². The highest BCUT2D eigenvalue weighted by Gasteiger charge is 2.06. The van der Waals surface area contributed by atoms with Gasteiger partial charge in [0.05, 0.1) is 11.6 Å². The number of nitrogens with two attached hydrogens (primary N) is 1. The first-order valence-electron chi connectivity index (χ1n) is 4.78. The Balaban J connectivity index is 2.28. The molecule has 0 radical (unpaired) electrons. The summed E-state index contributed by atoms with van der Waals surface area (Å²) in [6.45, 7) is 0. The lowest BCUT2D eigenvalue weighted by molar-refractivity contribution is 0.427. The molecule has 0 fully saturated rings. The van der Waals surface area contributed by atoms with Crippen molar-refractivity contribution in [3.8, 4) is 17.7 Å². The van der Waals surface area contributed by atoms with E-state index in [1.165, 1.54) is 24.4 Å². The van der Waals surface area contributed by atoms with Gasteiger partial charge in [-0.15, -0.1) is 0 Å². The lowest BCUT2D eigenvalue weighted by atomic mass is 10.2. The quantitative estimate of drug-likeness (QED) is 0.858. The molecule has 2 rings (SSSR count). The van der Waals surface area contributed by atoms with Crippen molar-refractivity contribution in [3.05, 3.63) is 47.9 Å². The first-order chi connectivity index (χ1) is 8.19. The maximum atomic E-state index is 13.5. The lowest BCUT2D eigenvalue weighted by Crippen LogP contribution is -1.93. The van der Waals surface area contributed by atoms with Crippen molar-refractivity contribution >= 4 is 5.69 Å². The summed E-state index contributed by atoms with van der Waals surface area (Å²) in [6.07, 6.45) is 1.46. The monoisotopic (exact) mass is 229 g/mol. The fraction of sp³-hybridized carbons (Fsp3) is 0.